The molecule has 0 aliphatic rings. The molecule has 2 rings (SSSR count). The van der Waals surface area contributed by atoms with Crippen LogP contribution in [0.25, 0.3) is 0 Å². The first-order chi connectivity index (χ1) is 7.29. The molecule has 0 spiro atoms. The molecule has 0 saturated heterocycles. The van der Waals surface area contributed by atoms with Gasteiger partial charge in [0.25, 0.3) is 0 Å². The van der Waals surface area contributed by atoms with Gasteiger partial charge in [-0.3, -0.25) is 0 Å². The van der Waals surface area contributed by atoms with Gasteiger partial charge in [-0.2, -0.15) is 0 Å². The summed E-state index contributed by atoms with van der Waals surface area (Å²) in [7, 11) is 0. The number of rotatable bonds is 4. The molecule has 0 aliphatic heterocycles. The van der Waals surface area contributed by atoms with Gasteiger partial charge in [-0.05, 0) is 13.3 Å². The van der Waals surface area contributed by atoms with Crippen LogP contribution in [0.1, 0.15) is 30.6 Å². The van der Waals surface area contributed by atoms with Crippen molar-refractivity contribution in [3.05, 3.63) is 35.7 Å². The largest absolute Gasteiger partial charge is 0.361 e. The number of hydrogen-bond acceptors (Lipinski definition) is 3. The average Bonchev–Trinajstić information content (AvgIpc) is 2.78. The van der Waals surface area contributed by atoms with Gasteiger partial charge in [-0.15, -0.1) is 0 Å². The van der Waals surface area contributed by atoms with Crippen molar-refractivity contribution >= 4 is 0 Å². The van der Waals surface area contributed by atoms with Gasteiger partial charge in [-0.25, -0.2) is 4.98 Å². The van der Waals surface area contributed by atoms with Gasteiger partial charge >= 0.3 is 0 Å². The Morgan fingerprint density at radius 3 is 3.00 bits per heavy atom. The van der Waals surface area contributed by atoms with Crippen LogP contribution >= 0.6 is 0 Å². The molecule has 0 unspecified atom stereocenters. The predicted molar refractivity (Wildman–Crippen MR) is 56.6 cm³/mol. The number of nitrogens with zero attached hydrogens (tertiary/aromatic N) is 3. The number of aryl methyl sites for hydroxylation is 2. The molecule has 0 saturated carbocycles. The highest BCUT2D eigenvalue weighted by Gasteiger charge is 2.05. The van der Waals surface area contributed by atoms with E-state index in [1.165, 1.54) is 0 Å². The molecule has 0 amide bonds. The second kappa shape index (κ2) is 4.29. The minimum absolute atomic E-state index is 0.743. The van der Waals surface area contributed by atoms with Gasteiger partial charge in [0, 0.05) is 24.9 Å². The van der Waals surface area contributed by atoms with Crippen LogP contribution in [0.3, 0.4) is 0 Å². The molecular weight excluding hydrogens is 190 g/mol. The van der Waals surface area contributed by atoms with Gasteiger partial charge in [0.1, 0.15) is 17.3 Å². The number of hydrogen-bond donors (Lipinski definition) is 0. The molecule has 0 bridgehead atoms. The van der Waals surface area contributed by atoms with Gasteiger partial charge in [0.15, 0.2) is 0 Å². The zero-order chi connectivity index (χ0) is 10.7. The lowest BCUT2D eigenvalue weighted by Crippen LogP contribution is -2.04. The molecule has 0 radical (unpaired) electrons. The Kier molecular flexibility index (Phi) is 2.85. The minimum Gasteiger partial charge on any atom is -0.361 e. The average molecular weight is 205 g/mol. The van der Waals surface area contributed by atoms with Crippen LogP contribution in [-0.4, -0.2) is 14.7 Å². The topological polar surface area (TPSA) is 43.9 Å². The normalized spacial score (nSPS) is 10.8. The van der Waals surface area contributed by atoms with Gasteiger partial charge in [0.2, 0.25) is 0 Å². The standard InChI is InChI=1S/C11H15N3O/c1-3-4-11-12-5-6-14(11)8-10-7-9(2)15-13-10/h5-7H,3-4,8H2,1-2H3. The van der Waals surface area contributed by atoms with Crippen molar-refractivity contribution < 1.29 is 4.52 Å². The Labute approximate surface area is 88.9 Å². The highest BCUT2D eigenvalue weighted by molar-refractivity contribution is 5.06. The lowest BCUT2D eigenvalue weighted by Gasteiger charge is -2.03. The van der Waals surface area contributed by atoms with Crippen molar-refractivity contribution in [3.8, 4) is 0 Å². The summed E-state index contributed by atoms with van der Waals surface area (Å²) in [4.78, 5) is 4.31. The molecule has 2 aromatic heterocycles. The predicted octanol–water partition coefficient (Wildman–Crippen LogP) is 2.18. The summed E-state index contributed by atoms with van der Waals surface area (Å²) in [6.45, 7) is 4.79. The molecule has 0 aliphatic carbocycles. The fraction of sp³-hybridized carbons (Fsp3) is 0.455. The third-order valence-corrected chi connectivity index (χ3v) is 2.28. The van der Waals surface area contributed by atoms with E-state index in [1.807, 2.05) is 25.4 Å². The molecule has 0 atom stereocenters. The van der Waals surface area contributed by atoms with Crippen LogP contribution in [0.5, 0.6) is 0 Å². The van der Waals surface area contributed by atoms with Crippen molar-refractivity contribution in [1.29, 1.82) is 0 Å². The Bertz CT molecular complexity index is 430. The smallest absolute Gasteiger partial charge is 0.133 e. The molecule has 2 aromatic rings. The quantitative estimate of drug-likeness (QED) is 0.768. The highest BCUT2D eigenvalue weighted by atomic mass is 16.5. The van der Waals surface area contributed by atoms with E-state index in [-0.39, 0.29) is 0 Å². The molecule has 0 aromatic carbocycles. The maximum absolute atomic E-state index is 5.03. The molecule has 4 nitrogen and oxygen atoms in total. The van der Waals surface area contributed by atoms with Crippen LogP contribution in [-0.2, 0) is 13.0 Å². The lowest BCUT2D eigenvalue weighted by molar-refractivity contribution is 0.388. The fourth-order valence-corrected chi connectivity index (χ4v) is 1.60. The summed E-state index contributed by atoms with van der Waals surface area (Å²) >= 11 is 0. The van der Waals surface area contributed by atoms with E-state index in [2.05, 4.69) is 21.6 Å². The minimum atomic E-state index is 0.743. The van der Waals surface area contributed by atoms with E-state index < -0.39 is 0 Å². The second-order valence-electron chi connectivity index (χ2n) is 3.65. The van der Waals surface area contributed by atoms with Crippen molar-refractivity contribution in [1.82, 2.24) is 14.7 Å². The van der Waals surface area contributed by atoms with Crippen molar-refractivity contribution in [2.75, 3.05) is 0 Å². The fourth-order valence-electron chi connectivity index (χ4n) is 1.60. The van der Waals surface area contributed by atoms with Crippen LogP contribution < -0.4 is 0 Å². The summed E-state index contributed by atoms with van der Waals surface area (Å²) in [5.74, 6) is 1.96. The maximum atomic E-state index is 5.03. The third kappa shape index (κ3) is 2.26. The SMILES string of the molecule is CCCc1nccn1Cc1cc(C)on1. The van der Waals surface area contributed by atoms with Crippen molar-refractivity contribution in [3.63, 3.8) is 0 Å². The van der Waals surface area contributed by atoms with Crippen LogP contribution in [0.15, 0.2) is 23.0 Å². The Morgan fingerprint density at radius 1 is 1.47 bits per heavy atom. The highest BCUT2D eigenvalue weighted by Crippen LogP contribution is 2.07. The first-order valence-corrected chi connectivity index (χ1v) is 5.22. The van der Waals surface area contributed by atoms with Crippen LogP contribution in [0.2, 0.25) is 0 Å². The first kappa shape index (κ1) is 9.96. The Hall–Kier alpha value is -1.58. The van der Waals surface area contributed by atoms with Crippen molar-refractivity contribution in [2.24, 2.45) is 0 Å². The number of aromatic nitrogens is 3. The molecule has 0 fully saturated rings. The van der Waals surface area contributed by atoms with E-state index in [9.17, 15) is 0 Å². The lowest BCUT2D eigenvalue weighted by atomic mass is 10.3. The maximum Gasteiger partial charge on any atom is 0.133 e. The first-order valence-electron chi connectivity index (χ1n) is 5.22. The summed E-state index contributed by atoms with van der Waals surface area (Å²) in [5.41, 5.74) is 0.947. The third-order valence-electron chi connectivity index (χ3n) is 2.28. The van der Waals surface area contributed by atoms with Gasteiger partial charge in [0.05, 0.1) is 6.54 Å². The monoisotopic (exact) mass is 205 g/mol. The van der Waals surface area contributed by atoms with Crippen LogP contribution in [0, 0.1) is 6.92 Å². The van der Waals surface area contributed by atoms with Gasteiger partial charge < -0.3 is 9.09 Å². The van der Waals surface area contributed by atoms with E-state index in [4.69, 9.17) is 4.52 Å². The van der Waals surface area contributed by atoms with Crippen LogP contribution in [0.4, 0.5) is 0 Å². The van der Waals surface area contributed by atoms with E-state index >= 15 is 0 Å². The zero-order valence-electron chi connectivity index (χ0n) is 9.10. The Balaban J connectivity index is 2.13. The van der Waals surface area contributed by atoms with E-state index in [0.717, 1.165) is 36.7 Å². The summed E-state index contributed by atoms with van der Waals surface area (Å²) < 4.78 is 7.14. The summed E-state index contributed by atoms with van der Waals surface area (Å²) in [5, 5.41) is 3.97. The van der Waals surface area contributed by atoms with Gasteiger partial charge in [-0.1, -0.05) is 12.1 Å². The Morgan fingerprint density at radius 2 is 2.33 bits per heavy atom. The second-order valence-corrected chi connectivity index (χ2v) is 3.65. The molecular formula is C11H15N3O. The molecule has 15 heavy (non-hydrogen) atoms. The summed E-state index contributed by atoms with van der Waals surface area (Å²) in [6, 6.07) is 1.95. The molecule has 0 N–H and O–H groups in total. The van der Waals surface area contributed by atoms with Crippen molar-refractivity contribution in [2.45, 2.75) is 33.2 Å². The molecule has 80 valence electrons. The van der Waals surface area contributed by atoms with E-state index in [0.29, 0.717) is 0 Å². The van der Waals surface area contributed by atoms with E-state index in [1.54, 1.807) is 0 Å². The summed E-state index contributed by atoms with van der Waals surface area (Å²) in [6.07, 6.45) is 5.92. The number of imidazole rings is 1. The molecule has 2 heterocycles. The molecule has 4 heteroatoms. The zero-order valence-corrected chi connectivity index (χ0v) is 9.10.